The van der Waals surface area contributed by atoms with E-state index in [1.165, 1.54) is 30.5 Å². The Morgan fingerprint density at radius 3 is 2.63 bits per heavy atom. The number of rotatable bonds is 7. The first-order valence-electron chi connectivity index (χ1n) is 7.50. The molecule has 2 N–H and O–H groups in total. The van der Waals surface area contributed by atoms with Gasteiger partial charge in [0.15, 0.2) is 0 Å². The van der Waals surface area contributed by atoms with Crippen LogP contribution >= 0.6 is 0 Å². The maximum absolute atomic E-state index is 12.0. The SMILES string of the molecule is CS(=O)(=O)N(CC(=O)N/N=C\c1ccccc1O)c1cccc([N+](=O)[O-])c1. The molecule has 0 aliphatic heterocycles. The summed E-state index contributed by atoms with van der Waals surface area (Å²) < 4.78 is 24.7. The van der Waals surface area contributed by atoms with Crippen LogP contribution in [0.25, 0.3) is 0 Å². The lowest BCUT2D eigenvalue weighted by Crippen LogP contribution is -2.39. The molecule has 0 aliphatic carbocycles. The average molecular weight is 392 g/mol. The molecule has 0 fully saturated rings. The van der Waals surface area contributed by atoms with E-state index < -0.39 is 27.4 Å². The highest BCUT2D eigenvalue weighted by Crippen LogP contribution is 2.22. The van der Waals surface area contributed by atoms with Crippen LogP contribution < -0.4 is 9.73 Å². The number of benzene rings is 2. The van der Waals surface area contributed by atoms with Crippen molar-refractivity contribution in [3.05, 3.63) is 64.2 Å². The molecular weight excluding hydrogens is 376 g/mol. The predicted octanol–water partition coefficient (Wildman–Crippen LogP) is 1.22. The molecule has 0 radical (unpaired) electrons. The van der Waals surface area contributed by atoms with E-state index in [0.717, 1.165) is 16.6 Å². The summed E-state index contributed by atoms with van der Waals surface area (Å²) in [6.45, 7) is -0.627. The topological polar surface area (TPSA) is 142 Å². The highest BCUT2D eigenvalue weighted by atomic mass is 32.2. The van der Waals surface area contributed by atoms with Gasteiger partial charge in [-0.15, -0.1) is 0 Å². The van der Waals surface area contributed by atoms with Crippen LogP contribution in [0.2, 0.25) is 0 Å². The molecule has 27 heavy (non-hydrogen) atoms. The zero-order valence-corrected chi connectivity index (χ0v) is 15.0. The lowest BCUT2D eigenvalue weighted by atomic mass is 10.2. The molecule has 0 atom stereocenters. The van der Waals surface area contributed by atoms with Crippen molar-refractivity contribution in [3.63, 3.8) is 0 Å². The van der Waals surface area contributed by atoms with Crippen molar-refractivity contribution < 1.29 is 23.2 Å². The summed E-state index contributed by atoms with van der Waals surface area (Å²) in [6.07, 6.45) is 2.08. The number of phenolic OH excluding ortho intramolecular Hbond substituents is 1. The van der Waals surface area contributed by atoms with Gasteiger partial charge in [-0.05, 0) is 18.2 Å². The number of hydrogen-bond acceptors (Lipinski definition) is 7. The summed E-state index contributed by atoms with van der Waals surface area (Å²) in [6, 6.07) is 11.2. The minimum absolute atomic E-state index is 0.0217. The molecule has 0 unspecified atom stereocenters. The van der Waals surface area contributed by atoms with Crippen molar-refractivity contribution in [3.8, 4) is 5.75 Å². The number of nitro groups is 1. The van der Waals surface area contributed by atoms with Crippen LogP contribution in [0.5, 0.6) is 5.75 Å². The van der Waals surface area contributed by atoms with Crippen LogP contribution in [0.3, 0.4) is 0 Å². The normalized spacial score (nSPS) is 11.3. The number of nitrogens with zero attached hydrogens (tertiary/aromatic N) is 3. The second-order valence-corrected chi connectivity index (χ2v) is 7.31. The number of carbonyl (C=O) groups excluding carboxylic acids is 1. The minimum Gasteiger partial charge on any atom is -0.507 e. The summed E-state index contributed by atoms with van der Waals surface area (Å²) in [7, 11) is -3.88. The third kappa shape index (κ3) is 5.51. The fourth-order valence-electron chi connectivity index (χ4n) is 2.10. The number of carbonyl (C=O) groups is 1. The molecule has 0 saturated heterocycles. The number of phenols is 1. The average Bonchev–Trinajstić information content (AvgIpc) is 2.60. The first kappa shape index (κ1) is 19.8. The Morgan fingerprint density at radius 1 is 1.30 bits per heavy atom. The zero-order chi connectivity index (χ0) is 20.0. The lowest BCUT2D eigenvalue weighted by molar-refractivity contribution is -0.384. The molecule has 0 spiro atoms. The first-order valence-corrected chi connectivity index (χ1v) is 9.35. The van der Waals surface area contributed by atoms with Crippen LogP contribution in [-0.2, 0) is 14.8 Å². The Bertz CT molecular complexity index is 990. The quantitative estimate of drug-likeness (QED) is 0.412. The van der Waals surface area contributed by atoms with Gasteiger partial charge in [-0.25, -0.2) is 13.8 Å². The number of nitrogens with one attached hydrogen (secondary N) is 1. The Labute approximate surface area is 154 Å². The molecule has 0 bridgehead atoms. The van der Waals surface area contributed by atoms with Crippen LogP contribution in [0.15, 0.2) is 53.6 Å². The second kappa shape index (κ2) is 8.27. The summed E-state index contributed by atoms with van der Waals surface area (Å²) in [5, 5.41) is 24.1. The molecule has 2 aromatic carbocycles. The number of anilines is 1. The highest BCUT2D eigenvalue weighted by Gasteiger charge is 2.22. The number of aromatic hydroxyl groups is 1. The van der Waals surface area contributed by atoms with Gasteiger partial charge in [-0.2, -0.15) is 5.10 Å². The number of non-ortho nitro benzene ring substituents is 1. The van der Waals surface area contributed by atoms with Gasteiger partial charge in [-0.3, -0.25) is 19.2 Å². The molecule has 10 nitrogen and oxygen atoms in total. The Hall–Kier alpha value is -3.47. The molecule has 2 rings (SSSR count). The maximum atomic E-state index is 12.0. The Kier molecular flexibility index (Phi) is 6.08. The second-order valence-electron chi connectivity index (χ2n) is 5.40. The van der Waals surface area contributed by atoms with Crippen LogP contribution in [-0.4, -0.2) is 43.4 Å². The van der Waals surface area contributed by atoms with E-state index in [0.29, 0.717) is 5.56 Å². The fourth-order valence-corrected chi connectivity index (χ4v) is 2.95. The van der Waals surface area contributed by atoms with E-state index in [4.69, 9.17) is 0 Å². The Morgan fingerprint density at radius 2 is 2.00 bits per heavy atom. The number of sulfonamides is 1. The number of nitro benzene ring substituents is 1. The van der Waals surface area contributed by atoms with Crippen molar-refractivity contribution in [2.45, 2.75) is 0 Å². The van der Waals surface area contributed by atoms with E-state index in [1.807, 2.05) is 0 Å². The highest BCUT2D eigenvalue weighted by molar-refractivity contribution is 7.92. The fraction of sp³-hybridized carbons (Fsp3) is 0.125. The lowest BCUT2D eigenvalue weighted by Gasteiger charge is -2.21. The largest absolute Gasteiger partial charge is 0.507 e. The number of amides is 1. The predicted molar refractivity (Wildman–Crippen MR) is 99.1 cm³/mol. The number of hydrazone groups is 1. The van der Waals surface area contributed by atoms with Crippen molar-refractivity contribution >= 4 is 33.5 Å². The van der Waals surface area contributed by atoms with Gasteiger partial charge in [-0.1, -0.05) is 18.2 Å². The van der Waals surface area contributed by atoms with Gasteiger partial charge in [0.2, 0.25) is 10.0 Å². The standard InChI is InChI=1S/C16H16N4O6S/c1-27(25,26)19(13-6-4-7-14(9-13)20(23)24)11-16(22)18-17-10-12-5-2-3-8-15(12)21/h2-10,21H,11H2,1H3,(H,18,22)/b17-10-. The Balaban J connectivity index is 2.15. The maximum Gasteiger partial charge on any atom is 0.271 e. The van der Waals surface area contributed by atoms with Gasteiger partial charge < -0.3 is 5.11 Å². The van der Waals surface area contributed by atoms with E-state index in [1.54, 1.807) is 18.2 Å². The molecule has 1 amide bonds. The van der Waals surface area contributed by atoms with E-state index in [2.05, 4.69) is 10.5 Å². The molecule has 142 valence electrons. The minimum atomic E-state index is -3.88. The third-order valence-electron chi connectivity index (χ3n) is 3.35. The van der Waals surface area contributed by atoms with Crippen LogP contribution in [0.1, 0.15) is 5.56 Å². The molecule has 2 aromatic rings. The van der Waals surface area contributed by atoms with Gasteiger partial charge in [0.05, 0.1) is 23.1 Å². The van der Waals surface area contributed by atoms with Crippen molar-refractivity contribution in [2.24, 2.45) is 5.10 Å². The van der Waals surface area contributed by atoms with Gasteiger partial charge in [0, 0.05) is 17.7 Å². The van der Waals surface area contributed by atoms with Gasteiger partial charge in [0.25, 0.3) is 11.6 Å². The van der Waals surface area contributed by atoms with Gasteiger partial charge >= 0.3 is 0 Å². The van der Waals surface area contributed by atoms with Crippen molar-refractivity contribution in [1.29, 1.82) is 0 Å². The van der Waals surface area contributed by atoms with E-state index in [-0.39, 0.29) is 17.1 Å². The van der Waals surface area contributed by atoms with Crippen LogP contribution in [0.4, 0.5) is 11.4 Å². The van der Waals surface area contributed by atoms with E-state index in [9.17, 15) is 28.4 Å². The van der Waals surface area contributed by atoms with Crippen molar-refractivity contribution in [2.75, 3.05) is 17.1 Å². The van der Waals surface area contributed by atoms with Crippen molar-refractivity contribution in [1.82, 2.24) is 5.43 Å². The molecular formula is C16H16N4O6S. The molecule has 0 saturated carbocycles. The summed E-state index contributed by atoms with van der Waals surface area (Å²) in [5.74, 6) is -0.802. The number of para-hydroxylation sites is 1. The first-order chi connectivity index (χ1) is 12.7. The summed E-state index contributed by atoms with van der Waals surface area (Å²) >= 11 is 0. The van der Waals surface area contributed by atoms with Gasteiger partial charge in [0.1, 0.15) is 12.3 Å². The number of hydrogen-bond donors (Lipinski definition) is 2. The molecule has 11 heteroatoms. The molecule has 0 aromatic heterocycles. The summed E-state index contributed by atoms with van der Waals surface area (Å²) in [4.78, 5) is 22.2. The van der Waals surface area contributed by atoms with E-state index >= 15 is 0 Å². The summed E-state index contributed by atoms with van der Waals surface area (Å²) in [5.41, 5.74) is 2.18. The monoisotopic (exact) mass is 392 g/mol. The molecule has 0 aliphatic rings. The molecule has 0 heterocycles. The zero-order valence-electron chi connectivity index (χ0n) is 14.1. The smallest absolute Gasteiger partial charge is 0.271 e. The third-order valence-corrected chi connectivity index (χ3v) is 4.49. The van der Waals surface area contributed by atoms with Crippen LogP contribution in [0, 0.1) is 10.1 Å².